The first-order valence-electron chi connectivity index (χ1n) is 9.54. The number of hydrogen-bond donors (Lipinski definition) is 1. The van der Waals surface area contributed by atoms with Crippen molar-refractivity contribution in [2.45, 2.75) is 33.2 Å². The van der Waals surface area contributed by atoms with Crippen LogP contribution in [0.3, 0.4) is 0 Å². The van der Waals surface area contributed by atoms with Crippen LogP contribution in [-0.4, -0.2) is 30.8 Å². The van der Waals surface area contributed by atoms with Crippen LogP contribution in [0.25, 0.3) is 0 Å². The van der Waals surface area contributed by atoms with E-state index >= 15 is 0 Å². The molecule has 0 atom stereocenters. The molecule has 8 heteroatoms. The highest BCUT2D eigenvalue weighted by atomic mass is 16.7. The summed E-state index contributed by atoms with van der Waals surface area (Å²) in [6.45, 7) is 4.75. The van der Waals surface area contributed by atoms with Gasteiger partial charge in [-0.05, 0) is 30.7 Å². The zero-order valence-electron chi connectivity index (χ0n) is 17.7. The van der Waals surface area contributed by atoms with Gasteiger partial charge in [-0.1, -0.05) is 30.3 Å². The van der Waals surface area contributed by atoms with Gasteiger partial charge in [0.15, 0.2) is 5.57 Å². The number of nitrogens with one attached hydrogen (secondary N) is 1. The van der Waals surface area contributed by atoms with Crippen LogP contribution < -0.4 is 10.1 Å². The maximum Gasteiger partial charge on any atom is 0.350 e. The second-order valence-electron chi connectivity index (χ2n) is 7.28. The van der Waals surface area contributed by atoms with Crippen LogP contribution in [0.2, 0.25) is 0 Å². The van der Waals surface area contributed by atoms with Gasteiger partial charge in [0.2, 0.25) is 0 Å². The van der Waals surface area contributed by atoms with Gasteiger partial charge in [0.05, 0.1) is 7.11 Å². The van der Waals surface area contributed by atoms with Crippen molar-refractivity contribution >= 4 is 23.6 Å². The molecule has 1 fully saturated rings. The minimum atomic E-state index is -1.33. The van der Waals surface area contributed by atoms with Gasteiger partial charge in [-0.3, -0.25) is 0 Å². The largest absolute Gasteiger partial charge is 0.488 e. The van der Waals surface area contributed by atoms with Crippen molar-refractivity contribution < 1.29 is 33.3 Å². The molecule has 1 heterocycles. The van der Waals surface area contributed by atoms with Crippen molar-refractivity contribution in [3.8, 4) is 5.75 Å². The van der Waals surface area contributed by atoms with Gasteiger partial charge in [0.25, 0.3) is 5.79 Å². The normalized spacial score (nSPS) is 14.9. The first kappa shape index (κ1) is 21.9. The van der Waals surface area contributed by atoms with Gasteiger partial charge in [-0.25, -0.2) is 14.4 Å². The molecule has 162 valence electrons. The number of rotatable bonds is 6. The lowest BCUT2D eigenvalue weighted by Gasteiger charge is -2.30. The molecule has 0 unspecified atom stereocenters. The average Bonchev–Trinajstić information content (AvgIpc) is 2.71. The predicted molar refractivity (Wildman–Crippen MR) is 111 cm³/mol. The number of esters is 3. The Labute approximate surface area is 179 Å². The Morgan fingerprint density at radius 2 is 1.68 bits per heavy atom. The van der Waals surface area contributed by atoms with Gasteiger partial charge in [0, 0.05) is 25.2 Å². The monoisotopic (exact) mass is 425 g/mol. The summed E-state index contributed by atoms with van der Waals surface area (Å²) in [5, 5.41) is 2.93. The number of hydrogen-bond acceptors (Lipinski definition) is 8. The SMILES string of the molecule is COC(=O)c1cc(NC(C)=C2C(=O)OC(C)(C)OC2=O)ccc1OCc1ccccc1. The van der Waals surface area contributed by atoms with Crippen LogP contribution >= 0.6 is 0 Å². The van der Waals surface area contributed by atoms with Gasteiger partial charge in [-0.15, -0.1) is 0 Å². The molecule has 31 heavy (non-hydrogen) atoms. The van der Waals surface area contributed by atoms with Crippen LogP contribution in [0.1, 0.15) is 36.7 Å². The topological polar surface area (TPSA) is 100 Å². The number of carbonyl (C=O) groups excluding carboxylic acids is 3. The number of carbonyl (C=O) groups is 3. The van der Waals surface area contributed by atoms with Crippen molar-refractivity contribution in [2.24, 2.45) is 0 Å². The average molecular weight is 425 g/mol. The first-order chi connectivity index (χ1) is 14.7. The van der Waals surface area contributed by atoms with E-state index in [-0.39, 0.29) is 23.4 Å². The highest BCUT2D eigenvalue weighted by Gasteiger charge is 2.40. The van der Waals surface area contributed by atoms with E-state index < -0.39 is 23.7 Å². The molecule has 0 amide bonds. The Kier molecular flexibility index (Phi) is 6.29. The van der Waals surface area contributed by atoms with Crippen LogP contribution in [0.4, 0.5) is 5.69 Å². The standard InChI is InChI=1S/C23H23NO7/c1-14(19-21(26)30-23(2,3)31-22(19)27)24-16-10-11-18(17(12-16)20(25)28-4)29-13-15-8-6-5-7-9-15/h5-12,24H,13H2,1-4H3. The minimum absolute atomic E-state index is 0.191. The molecule has 0 saturated carbocycles. The summed E-state index contributed by atoms with van der Waals surface area (Å²) in [5.74, 6) is -3.15. The molecule has 3 rings (SSSR count). The van der Waals surface area contributed by atoms with E-state index in [9.17, 15) is 14.4 Å². The summed E-state index contributed by atoms with van der Waals surface area (Å²) in [7, 11) is 1.27. The van der Waals surface area contributed by atoms with Crippen molar-refractivity contribution in [1.29, 1.82) is 0 Å². The highest BCUT2D eigenvalue weighted by Crippen LogP contribution is 2.28. The van der Waals surface area contributed by atoms with E-state index in [1.807, 2.05) is 30.3 Å². The third-order valence-corrected chi connectivity index (χ3v) is 4.41. The van der Waals surface area contributed by atoms with Crippen LogP contribution in [0, 0.1) is 0 Å². The summed E-state index contributed by atoms with van der Waals surface area (Å²) in [5.41, 5.74) is 1.56. The van der Waals surface area contributed by atoms with Crippen LogP contribution in [0.15, 0.2) is 59.8 Å². The molecule has 1 N–H and O–H groups in total. The lowest BCUT2D eigenvalue weighted by atomic mass is 10.1. The molecule has 0 bridgehead atoms. The summed E-state index contributed by atoms with van der Waals surface area (Å²) >= 11 is 0. The van der Waals surface area contributed by atoms with Gasteiger partial charge < -0.3 is 24.3 Å². The van der Waals surface area contributed by atoms with E-state index in [2.05, 4.69) is 5.32 Å². The van der Waals surface area contributed by atoms with E-state index in [1.165, 1.54) is 33.9 Å². The Bertz CT molecular complexity index is 1020. The fourth-order valence-corrected chi connectivity index (χ4v) is 2.98. The smallest absolute Gasteiger partial charge is 0.350 e. The molecule has 1 aliphatic rings. The summed E-state index contributed by atoms with van der Waals surface area (Å²) < 4.78 is 20.9. The zero-order valence-corrected chi connectivity index (χ0v) is 17.7. The molecule has 0 aromatic heterocycles. The number of cyclic esters (lactones) is 2. The molecule has 0 spiro atoms. The quantitative estimate of drug-likeness (QED) is 0.426. The molecule has 1 aliphatic heterocycles. The first-order valence-corrected chi connectivity index (χ1v) is 9.54. The summed E-state index contributed by atoms with van der Waals surface area (Å²) in [6.07, 6.45) is 0. The molecule has 0 aliphatic carbocycles. The maximum atomic E-state index is 12.3. The van der Waals surface area contributed by atoms with Crippen molar-refractivity contribution in [3.63, 3.8) is 0 Å². The minimum Gasteiger partial charge on any atom is -0.488 e. The van der Waals surface area contributed by atoms with Gasteiger partial charge in [0.1, 0.15) is 17.9 Å². The number of benzene rings is 2. The lowest BCUT2D eigenvalue weighted by Crippen LogP contribution is -2.42. The molecule has 0 radical (unpaired) electrons. The fourth-order valence-electron chi connectivity index (χ4n) is 2.98. The van der Waals surface area contributed by atoms with Gasteiger partial charge >= 0.3 is 17.9 Å². The number of ether oxygens (including phenoxy) is 4. The molecule has 1 saturated heterocycles. The number of allylic oxidation sites excluding steroid dienone is 1. The lowest BCUT2D eigenvalue weighted by molar-refractivity contribution is -0.222. The van der Waals surface area contributed by atoms with E-state index in [1.54, 1.807) is 12.1 Å². The van der Waals surface area contributed by atoms with Gasteiger partial charge in [-0.2, -0.15) is 0 Å². The van der Waals surface area contributed by atoms with Crippen LogP contribution in [0.5, 0.6) is 5.75 Å². The van der Waals surface area contributed by atoms with Crippen LogP contribution in [-0.2, 0) is 30.4 Å². The molecular formula is C23H23NO7. The Morgan fingerprint density at radius 1 is 1.03 bits per heavy atom. The summed E-state index contributed by atoms with van der Waals surface area (Å²) in [6, 6.07) is 14.3. The predicted octanol–water partition coefficient (Wildman–Crippen LogP) is 3.57. The van der Waals surface area contributed by atoms with Crippen molar-refractivity contribution in [2.75, 3.05) is 12.4 Å². The molecule has 8 nitrogen and oxygen atoms in total. The van der Waals surface area contributed by atoms with E-state index in [4.69, 9.17) is 18.9 Å². The molecule has 2 aromatic carbocycles. The maximum absolute atomic E-state index is 12.3. The number of anilines is 1. The Hall–Kier alpha value is -3.81. The molecule has 2 aromatic rings. The Morgan fingerprint density at radius 3 is 2.29 bits per heavy atom. The summed E-state index contributed by atoms with van der Waals surface area (Å²) in [4.78, 5) is 36.7. The second-order valence-corrected chi connectivity index (χ2v) is 7.28. The molecular weight excluding hydrogens is 402 g/mol. The third kappa shape index (κ3) is 5.22. The fraction of sp³-hybridized carbons (Fsp3) is 0.261. The van der Waals surface area contributed by atoms with Crippen molar-refractivity contribution in [3.05, 3.63) is 70.9 Å². The second kappa shape index (κ2) is 8.91. The highest BCUT2D eigenvalue weighted by molar-refractivity contribution is 6.16. The zero-order chi connectivity index (χ0) is 22.6. The number of methoxy groups -OCH3 is 1. The van der Waals surface area contributed by atoms with Crippen molar-refractivity contribution in [1.82, 2.24) is 0 Å². The van der Waals surface area contributed by atoms with E-state index in [0.717, 1.165) is 5.56 Å². The third-order valence-electron chi connectivity index (χ3n) is 4.41. The van der Waals surface area contributed by atoms with E-state index in [0.29, 0.717) is 11.4 Å². The Balaban J connectivity index is 1.84.